The molecule has 1 fully saturated rings. The van der Waals surface area contributed by atoms with Crippen molar-refractivity contribution in [2.45, 2.75) is 24.9 Å². The topological polar surface area (TPSA) is 144 Å². The molecule has 4 rings (SSSR count). The van der Waals surface area contributed by atoms with Crippen molar-refractivity contribution in [2.24, 2.45) is 0 Å². The summed E-state index contributed by atoms with van der Waals surface area (Å²) < 4.78 is 17.8. The minimum absolute atomic E-state index is 0.168. The van der Waals surface area contributed by atoms with Gasteiger partial charge in [0.25, 0.3) is 5.56 Å². The Kier molecular flexibility index (Phi) is 6.40. The molecule has 32 heavy (non-hydrogen) atoms. The lowest BCUT2D eigenvalue weighted by Gasteiger charge is -2.13. The first-order valence-corrected chi connectivity index (χ1v) is 10.1. The monoisotopic (exact) mass is 443 g/mol. The van der Waals surface area contributed by atoms with Gasteiger partial charge in [0.1, 0.15) is 12.3 Å². The van der Waals surface area contributed by atoms with Gasteiger partial charge in [-0.25, -0.2) is 4.98 Å². The number of aromatic nitrogens is 4. The van der Waals surface area contributed by atoms with Crippen LogP contribution in [0.4, 0.5) is 5.95 Å². The van der Waals surface area contributed by atoms with Gasteiger partial charge in [0.15, 0.2) is 22.7 Å². The molecule has 3 atom stereocenters. The smallest absolute Gasteiger partial charge is 0.280 e. The summed E-state index contributed by atoms with van der Waals surface area (Å²) in [6, 6.07) is 5.58. The summed E-state index contributed by atoms with van der Waals surface area (Å²) in [5.74, 6) is 1.56. The zero-order valence-electron chi connectivity index (χ0n) is 17.7. The van der Waals surface area contributed by atoms with E-state index in [0.29, 0.717) is 23.7 Å². The maximum atomic E-state index is 12.4. The van der Waals surface area contributed by atoms with Crippen molar-refractivity contribution in [1.82, 2.24) is 19.5 Å². The summed E-state index contributed by atoms with van der Waals surface area (Å²) in [6.07, 6.45) is 3.44. The number of benzene rings is 1. The number of anilines is 1. The molecule has 1 aromatic carbocycles. The summed E-state index contributed by atoms with van der Waals surface area (Å²) in [5, 5.41) is 22.4. The van der Waals surface area contributed by atoms with Gasteiger partial charge in [0.05, 0.1) is 33.3 Å². The Morgan fingerprint density at radius 2 is 2.16 bits per heavy atom. The Morgan fingerprint density at radius 1 is 1.34 bits per heavy atom. The molecule has 1 aliphatic rings. The number of aliphatic hydroxyl groups excluding tert-OH is 2. The second kappa shape index (κ2) is 9.39. The van der Waals surface area contributed by atoms with Crippen molar-refractivity contribution in [2.75, 3.05) is 32.7 Å². The molecule has 1 saturated heterocycles. The molecule has 4 N–H and O–H groups in total. The van der Waals surface area contributed by atoms with Gasteiger partial charge in [-0.15, -0.1) is 0 Å². The van der Waals surface area contributed by atoms with Crippen LogP contribution in [0.25, 0.3) is 17.2 Å². The van der Waals surface area contributed by atoms with Gasteiger partial charge >= 0.3 is 0 Å². The third-order valence-electron chi connectivity index (χ3n) is 5.23. The van der Waals surface area contributed by atoms with E-state index in [1.807, 2.05) is 30.4 Å². The number of fused-ring (bicyclic) bond motifs is 1. The molecule has 0 amide bonds. The van der Waals surface area contributed by atoms with Crippen molar-refractivity contribution >= 4 is 23.2 Å². The average Bonchev–Trinajstić information content (AvgIpc) is 3.39. The van der Waals surface area contributed by atoms with Crippen molar-refractivity contribution in [3.63, 3.8) is 0 Å². The Hall–Kier alpha value is -3.41. The molecule has 11 nitrogen and oxygen atoms in total. The largest absolute Gasteiger partial charge is 0.493 e. The predicted molar refractivity (Wildman–Crippen MR) is 117 cm³/mol. The maximum absolute atomic E-state index is 12.4. The quantitative estimate of drug-likeness (QED) is 0.399. The second-order valence-corrected chi connectivity index (χ2v) is 7.25. The minimum Gasteiger partial charge on any atom is -0.493 e. The zero-order valence-corrected chi connectivity index (χ0v) is 17.7. The fourth-order valence-corrected chi connectivity index (χ4v) is 3.58. The standard InChI is InChI=1S/C21H25N5O6/c1-30-14-6-5-12(8-15(14)31-2)4-3-7-22-21-24-19-18(20(29)25-21)23-11-26(19)17-9-13(28)16(10-27)32-17/h3-6,8,11,13,16-17,27-28H,7,9-10H2,1-2H3,(H2,22,24,25,29)/b4-3+/t13?,16-,17-/m1/s1. The number of rotatable bonds is 8. The Balaban J connectivity index is 1.48. The van der Waals surface area contributed by atoms with Gasteiger partial charge in [-0.1, -0.05) is 18.2 Å². The van der Waals surface area contributed by atoms with Crippen LogP contribution in [0.3, 0.4) is 0 Å². The zero-order chi connectivity index (χ0) is 22.7. The van der Waals surface area contributed by atoms with Crippen molar-refractivity contribution in [3.8, 4) is 11.5 Å². The molecule has 0 spiro atoms. The number of methoxy groups -OCH3 is 2. The predicted octanol–water partition coefficient (Wildman–Crippen LogP) is 0.903. The molecular formula is C21H25N5O6. The number of aliphatic hydroxyl groups is 2. The van der Waals surface area contributed by atoms with Gasteiger partial charge in [-0.3, -0.25) is 14.3 Å². The van der Waals surface area contributed by atoms with Crippen LogP contribution in [0.2, 0.25) is 0 Å². The number of ether oxygens (including phenoxy) is 3. The molecule has 0 bridgehead atoms. The van der Waals surface area contributed by atoms with Crippen molar-refractivity contribution in [1.29, 1.82) is 0 Å². The number of imidazole rings is 1. The van der Waals surface area contributed by atoms with Crippen LogP contribution in [0.5, 0.6) is 11.5 Å². The highest BCUT2D eigenvalue weighted by Gasteiger charge is 2.35. The Morgan fingerprint density at radius 3 is 2.88 bits per heavy atom. The summed E-state index contributed by atoms with van der Waals surface area (Å²) in [6.45, 7) is 0.111. The molecule has 170 valence electrons. The van der Waals surface area contributed by atoms with Crippen LogP contribution in [0.1, 0.15) is 18.2 Å². The molecule has 11 heteroatoms. The number of H-pyrrole nitrogens is 1. The summed E-state index contributed by atoms with van der Waals surface area (Å²) in [7, 11) is 3.16. The van der Waals surface area contributed by atoms with Gasteiger partial charge < -0.3 is 29.7 Å². The number of nitrogens with one attached hydrogen (secondary N) is 2. The first-order valence-electron chi connectivity index (χ1n) is 10.1. The maximum Gasteiger partial charge on any atom is 0.280 e. The van der Waals surface area contributed by atoms with E-state index in [2.05, 4.69) is 20.3 Å². The Labute approximate surface area is 183 Å². The van der Waals surface area contributed by atoms with Crippen LogP contribution < -0.4 is 20.3 Å². The van der Waals surface area contributed by atoms with Crippen LogP contribution >= 0.6 is 0 Å². The van der Waals surface area contributed by atoms with E-state index in [4.69, 9.17) is 14.2 Å². The van der Waals surface area contributed by atoms with Crippen molar-refractivity contribution in [3.05, 3.63) is 46.5 Å². The van der Waals surface area contributed by atoms with E-state index in [1.54, 1.807) is 18.8 Å². The van der Waals surface area contributed by atoms with Crippen LogP contribution in [0.15, 0.2) is 35.4 Å². The average molecular weight is 443 g/mol. The van der Waals surface area contributed by atoms with E-state index in [1.165, 1.54) is 6.33 Å². The molecular weight excluding hydrogens is 418 g/mol. The highest BCUT2D eigenvalue weighted by Crippen LogP contribution is 2.30. The minimum atomic E-state index is -0.802. The van der Waals surface area contributed by atoms with Gasteiger partial charge in [0.2, 0.25) is 5.95 Å². The van der Waals surface area contributed by atoms with Crippen LogP contribution in [-0.2, 0) is 4.74 Å². The summed E-state index contributed by atoms with van der Waals surface area (Å²) in [4.78, 5) is 23.6. The SMILES string of the molecule is COc1ccc(/C=C/CNc2nc3c(ncn3[C@H]3CC(O)[C@@H](CO)O3)c(=O)[nH]2)cc1OC. The highest BCUT2D eigenvalue weighted by atomic mass is 16.5. The van der Waals surface area contributed by atoms with E-state index >= 15 is 0 Å². The fourth-order valence-electron chi connectivity index (χ4n) is 3.58. The number of hydrogen-bond donors (Lipinski definition) is 4. The normalized spacial score (nSPS) is 20.8. The van der Waals surface area contributed by atoms with Gasteiger partial charge in [-0.05, 0) is 17.7 Å². The van der Waals surface area contributed by atoms with E-state index in [9.17, 15) is 15.0 Å². The highest BCUT2D eigenvalue weighted by molar-refractivity contribution is 5.71. The molecule has 0 radical (unpaired) electrons. The van der Waals surface area contributed by atoms with E-state index in [0.717, 1.165) is 5.56 Å². The lowest BCUT2D eigenvalue weighted by molar-refractivity contribution is -0.0432. The van der Waals surface area contributed by atoms with Gasteiger partial charge in [-0.2, -0.15) is 4.98 Å². The lowest BCUT2D eigenvalue weighted by atomic mass is 10.2. The fraction of sp³-hybridized carbons (Fsp3) is 0.381. The first kappa shape index (κ1) is 21.8. The molecule has 0 aliphatic carbocycles. The lowest BCUT2D eigenvalue weighted by Crippen LogP contribution is -2.24. The molecule has 1 aliphatic heterocycles. The van der Waals surface area contributed by atoms with Crippen LogP contribution in [-0.4, -0.2) is 69.3 Å². The molecule has 1 unspecified atom stereocenters. The third-order valence-corrected chi connectivity index (χ3v) is 5.23. The molecule has 3 heterocycles. The summed E-state index contributed by atoms with van der Waals surface area (Å²) in [5.41, 5.74) is 1.03. The molecule has 0 saturated carbocycles. The number of hydrogen-bond acceptors (Lipinski definition) is 9. The van der Waals surface area contributed by atoms with E-state index in [-0.39, 0.29) is 24.5 Å². The van der Waals surface area contributed by atoms with Crippen molar-refractivity contribution < 1.29 is 24.4 Å². The molecule has 3 aromatic rings. The summed E-state index contributed by atoms with van der Waals surface area (Å²) >= 11 is 0. The number of aromatic amines is 1. The first-order chi connectivity index (χ1) is 15.5. The third kappa shape index (κ3) is 4.31. The Bertz CT molecular complexity index is 1170. The van der Waals surface area contributed by atoms with Gasteiger partial charge in [0, 0.05) is 13.0 Å². The van der Waals surface area contributed by atoms with Crippen LogP contribution in [0, 0.1) is 0 Å². The molecule has 2 aromatic heterocycles. The second-order valence-electron chi connectivity index (χ2n) is 7.25. The number of nitrogens with zero attached hydrogens (tertiary/aromatic N) is 3. The van der Waals surface area contributed by atoms with E-state index < -0.39 is 24.0 Å².